The minimum atomic E-state index is -0.0601. The van der Waals surface area contributed by atoms with Crippen molar-refractivity contribution in [3.8, 4) is 0 Å². The van der Waals surface area contributed by atoms with Crippen molar-refractivity contribution in [3.05, 3.63) is 29.8 Å². The van der Waals surface area contributed by atoms with Gasteiger partial charge in [0.2, 0.25) is 0 Å². The molecule has 0 aliphatic carbocycles. The van der Waals surface area contributed by atoms with Crippen molar-refractivity contribution >= 4 is 11.7 Å². The summed E-state index contributed by atoms with van der Waals surface area (Å²) in [4.78, 5) is 13.6. The summed E-state index contributed by atoms with van der Waals surface area (Å²) >= 11 is 0. The Bertz CT molecular complexity index is 406. The fourth-order valence-corrected chi connectivity index (χ4v) is 1.97. The van der Waals surface area contributed by atoms with Crippen LogP contribution in [-0.4, -0.2) is 31.1 Å². The molecule has 0 radical (unpaired) electrons. The van der Waals surface area contributed by atoms with E-state index in [-0.39, 0.29) is 12.1 Å². The number of anilines is 1. The zero-order valence-corrected chi connectivity index (χ0v) is 12.4. The molecule has 1 aromatic carbocycles. The maximum absolute atomic E-state index is 11.9. The van der Waals surface area contributed by atoms with Gasteiger partial charge in [-0.2, -0.15) is 0 Å². The number of hydrogen-bond donors (Lipinski definition) is 2. The van der Waals surface area contributed by atoms with E-state index in [4.69, 9.17) is 0 Å². The number of nitrogens with one attached hydrogen (secondary N) is 2. The molecule has 4 nitrogen and oxygen atoms in total. The molecule has 0 spiro atoms. The number of urea groups is 1. The fraction of sp³-hybridized carbons (Fsp3) is 0.533. The molecule has 1 rings (SSSR count). The predicted octanol–water partition coefficient (Wildman–Crippen LogP) is 3.23. The van der Waals surface area contributed by atoms with Crippen LogP contribution in [-0.2, 0) is 0 Å². The predicted molar refractivity (Wildman–Crippen MR) is 80.5 cm³/mol. The van der Waals surface area contributed by atoms with Crippen LogP contribution in [0, 0.1) is 0 Å². The zero-order valence-electron chi connectivity index (χ0n) is 12.4. The lowest BCUT2D eigenvalue weighted by atomic mass is 10.1. The average Bonchev–Trinajstić information content (AvgIpc) is 2.39. The number of hydrogen-bond acceptors (Lipinski definition) is 2. The zero-order chi connectivity index (χ0) is 14.3. The van der Waals surface area contributed by atoms with Gasteiger partial charge >= 0.3 is 6.03 Å². The summed E-state index contributed by atoms with van der Waals surface area (Å²) < 4.78 is 0. The van der Waals surface area contributed by atoms with Crippen LogP contribution in [0.1, 0.15) is 38.8 Å². The van der Waals surface area contributed by atoms with E-state index in [2.05, 4.69) is 37.5 Å². The average molecular weight is 263 g/mol. The third-order valence-corrected chi connectivity index (χ3v) is 3.05. The minimum absolute atomic E-state index is 0.0601. The van der Waals surface area contributed by atoms with Crippen molar-refractivity contribution in [1.82, 2.24) is 10.2 Å². The van der Waals surface area contributed by atoms with Crippen molar-refractivity contribution in [1.29, 1.82) is 0 Å². The quantitative estimate of drug-likeness (QED) is 0.827. The number of amides is 2. The molecule has 1 unspecified atom stereocenters. The first-order valence-electron chi connectivity index (χ1n) is 6.94. The molecule has 0 fully saturated rings. The van der Waals surface area contributed by atoms with E-state index < -0.39 is 0 Å². The van der Waals surface area contributed by atoms with Gasteiger partial charge in [-0.1, -0.05) is 26.0 Å². The Balaban J connectivity index is 2.69. The molecule has 0 heterocycles. The lowest BCUT2D eigenvalue weighted by Gasteiger charge is -2.18. The van der Waals surface area contributed by atoms with Crippen molar-refractivity contribution in [2.24, 2.45) is 0 Å². The van der Waals surface area contributed by atoms with Crippen molar-refractivity contribution in [2.75, 3.05) is 25.5 Å². The molecule has 0 bridgehead atoms. The Morgan fingerprint density at radius 3 is 2.74 bits per heavy atom. The van der Waals surface area contributed by atoms with E-state index in [1.165, 1.54) is 5.56 Å². The Hall–Kier alpha value is -1.55. The molecule has 0 aliphatic rings. The SMILES string of the molecule is CCCN(C)C(=O)Nc1cccc(C(C)NCC)c1. The van der Waals surface area contributed by atoms with Gasteiger partial charge in [-0.3, -0.25) is 0 Å². The molecular weight excluding hydrogens is 238 g/mol. The second kappa shape index (κ2) is 7.79. The maximum atomic E-state index is 11.9. The molecule has 0 saturated carbocycles. The van der Waals surface area contributed by atoms with Gasteiger partial charge in [-0.15, -0.1) is 0 Å². The summed E-state index contributed by atoms with van der Waals surface area (Å²) in [5.74, 6) is 0. The minimum Gasteiger partial charge on any atom is -0.328 e. The molecule has 0 aliphatic heterocycles. The van der Waals surface area contributed by atoms with Gasteiger partial charge in [0.15, 0.2) is 0 Å². The largest absolute Gasteiger partial charge is 0.328 e. The van der Waals surface area contributed by atoms with E-state index in [1.807, 2.05) is 25.2 Å². The van der Waals surface area contributed by atoms with Crippen LogP contribution < -0.4 is 10.6 Å². The van der Waals surface area contributed by atoms with Crippen LogP contribution >= 0.6 is 0 Å². The molecule has 106 valence electrons. The van der Waals surface area contributed by atoms with Gasteiger partial charge in [0.05, 0.1) is 0 Å². The number of benzene rings is 1. The Morgan fingerprint density at radius 1 is 1.37 bits per heavy atom. The molecule has 2 amide bonds. The molecule has 2 N–H and O–H groups in total. The molecule has 19 heavy (non-hydrogen) atoms. The molecule has 1 atom stereocenters. The highest BCUT2D eigenvalue weighted by molar-refractivity contribution is 5.89. The van der Waals surface area contributed by atoms with Crippen LogP contribution in [0.25, 0.3) is 0 Å². The van der Waals surface area contributed by atoms with Crippen molar-refractivity contribution in [2.45, 2.75) is 33.2 Å². The lowest BCUT2D eigenvalue weighted by molar-refractivity contribution is 0.222. The van der Waals surface area contributed by atoms with Gasteiger partial charge < -0.3 is 15.5 Å². The smallest absolute Gasteiger partial charge is 0.321 e. The number of carbonyl (C=O) groups is 1. The van der Waals surface area contributed by atoms with Gasteiger partial charge in [0.1, 0.15) is 0 Å². The van der Waals surface area contributed by atoms with Crippen LogP contribution in [0.2, 0.25) is 0 Å². The van der Waals surface area contributed by atoms with Crippen LogP contribution in [0.15, 0.2) is 24.3 Å². The fourth-order valence-electron chi connectivity index (χ4n) is 1.97. The normalized spacial score (nSPS) is 12.0. The van der Waals surface area contributed by atoms with E-state index >= 15 is 0 Å². The van der Waals surface area contributed by atoms with Crippen LogP contribution in [0.4, 0.5) is 10.5 Å². The second-order valence-corrected chi connectivity index (χ2v) is 4.76. The molecular formula is C15H25N3O. The second-order valence-electron chi connectivity index (χ2n) is 4.76. The van der Waals surface area contributed by atoms with E-state index in [0.29, 0.717) is 0 Å². The first-order valence-corrected chi connectivity index (χ1v) is 6.94. The van der Waals surface area contributed by atoms with Crippen LogP contribution in [0.3, 0.4) is 0 Å². The highest BCUT2D eigenvalue weighted by Crippen LogP contribution is 2.17. The highest BCUT2D eigenvalue weighted by Gasteiger charge is 2.09. The summed E-state index contributed by atoms with van der Waals surface area (Å²) in [5, 5.41) is 6.29. The molecule has 4 heteroatoms. The third-order valence-electron chi connectivity index (χ3n) is 3.05. The topological polar surface area (TPSA) is 44.4 Å². The number of rotatable bonds is 6. The van der Waals surface area contributed by atoms with Crippen molar-refractivity contribution < 1.29 is 4.79 Å². The molecule has 1 aromatic rings. The molecule has 0 saturated heterocycles. The first-order chi connectivity index (χ1) is 9.08. The van der Waals surface area contributed by atoms with E-state index in [0.717, 1.165) is 25.2 Å². The maximum Gasteiger partial charge on any atom is 0.321 e. The van der Waals surface area contributed by atoms with Gasteiger partial charge in [-0.25, -0.2) is 4.79 Å². The summed E-state index contributed by atoms with van der Waals surface area (Å²) in [6, 6.07) is 8.20. The summed E-state index contributed by atoms with van der Waals surface area (Å²) in [5.41, 5.74) is 2.02. The van der Waals surface area contributed by atoms with E-state index in [9.17, 15) is 4.79 Å². The Kier molecular flexibility index (Phi) is 6.36. The number of carbonyl (C=O) groups excluding carboxylic acids is 1. The van der Waals surface area contributed by atoms with Gasteiger partial charge in [0, 0.05) is 25.3 Å². The molecule has 0 aromatic heterocycles. The third kappa shape index (κ3) is 4.91. The summed E-state index contributed by atoms with van der Waals surface area (Å²) in [7, 11) is 1.81. The Labute approximate surface area is 116 Å². The standard InChI is InChI=1S/C15H25N3O/c1-5-10-18(4)15(19)17-14-9-7-8-13(11-14)12(3)16-6-2/h7-9,11-12,16H,5-6,10H2,1-4H3,(H,17,19). The lowest BCUT2D eigenvalue weighted by Crippen LogP contribution is -2.31. The van der Waals surface area contributed by atoms with Gasteiger partial charge in [0.25, 0.3) is 0 Å². The highest BCUT2D eigenvalue weighted by atomic mass is 16.2. The number of nitrogens with zero attached hydrogens (tertiary/aromatic N) is 1. The van der Waals surface area contributed by atoms with E-state index in [1.54, 1.807) is 4.90 Å². The van der Waals surface area contributed by atoms with Gasteiger partial charge in [-0.05, 0) is 37.6 Å². The summed E-state index contributed by atoms with van der Waals surface area (Å²) in [6.45, 7) is 7.95. The van der Waals surface area contributed by atoms with Crippen LogP contribution in [0.5, 0.6) is 0 Å². The monoisotopic (exact) mass is 263 g/mol. The first kappa shape index (κ1) is 15.5. The van der Waals surface area contributed by atoms with Crippen molar-refractivity contribution in [3.63, 3.8) is 0 Å². The Morgan fingerprint density at radius 2 is 2.11 bits per heavy atom. The summed E-state index contributed by atoms with van der Waals surface area (Å²) in [6.07, 6.45) is 0.960.